The Hall–Kier alpha value is -3.24. The van der Waals surface area contributed by atoms with Crippen molar-refractivity contribution in [2.24, 2.45) is 9.98 Å². The summed E-state index contributed by atoms with van der Waals surface area (Å²) >= 11 is 0. The van der Waals surface area contributed by atoms with E-state index in [9.17, 15) is 33.9 Å². The van der Waals surface area contributed by atoms with Crippen molar-refractivity contribution in [1.29, 1.82) is 5.41 Å². The molecule has 45 heavy (non-hydrogen) atoms. The van der Waals surface area contributed by atoms with Gasteiger partial charge in [0.25, 0.3) is 5.91 Å². The largest absolute Gasteiger partial charge is 0.472 e. The van der Waals surface area contributed by atoms with Crippen LogP contribution in [0.3, 0.4) is 0 Å². The average molecular weight is 673 g/mol. The molecule has 8 N–H and O–H groups in total. The number of nitrogens with zero attached hydrogens (tertiary/aromatic N) is 6. The van der Waals surface area contributed by atoms with Gasteiger partial charge < -0.3 is 35.2 Å². The second-order valence-corrected chi connectivity index (χ2v) is 13.2. The van der Waals surface area contributed by atoms with Crippen LogP contribution in [0.4, 0.5) is 5.69 Å². The molecule has 5 aliphatic rings. The van der Waals surface area contributed by atoms with Crippen LogP contribution in [0.2, 0.25) is 0 Å². The minimum atomic E-state index is -5.11. The normalized spacial score (nSPS) is 42.0. The summed E-state index contributed by atoms with van der Waals surface area (Å²) in [7, 11) is -10.2. The Balaban J connectivity index is 1.17. The minimum Gasteiger partial charge on any atom is -0.397 e. The van der Waals surface area contributed by atoms with Gasteiger partial charge in [0.05, 0.1) is 31.6 Å². The summed E-state index contributed by atoms with van der Waals surface area (Å²) in [5, 5.41) is 32.1. The number of hydrogen-bond donors (Lipinski definition) is 7. The number of rotatable bonds is 2. The first-order valence-corrected chi connectivity index (χ1v) is 16.2. The van der Waals surface area contributed by atoms with E-state index in [0.717, 1.165) is 11.2 Å². The van der Waals surface area contributed by atoms with Gasteiger partial charge in [0.1, 0.15) is 42.1 Å². The van der Waals surface area contributed by atoms with Gasteiger partial charge in [0.15, 0.2) is 30.0 Å². The van der Waals surface area contributed by atoms with Crippen molar-refractivity contribution >= 4 is 56.5 Å². The Bertz CT molecular complexity index is 1720. The smallest absolute Gasteiger partial charge is 0.397 e. The maximum absolute atomic E-state index is 13.2. The number of pyridine rings is 1. The van der Waals surface area contributed by atoms with Gasteiger partial charge in [0.2, 0.25) is 5.96 Å². The van der Waals surface area contributed by atoms with Gasteiger partial charge in [-0.3, -0.25) is 48.1 Å². The van der Waals surface area contributed by atoms with E-state index in [1.165, 1.54) is 23.2 Å². The van der Waals surface area contributed by atoms with Crippen molar-refractivity contribution in [3.63, 3.8) is 0 Å². The molecule has 0 aliphatic carbocycles. The lowest BCUT2D eigenvalue weighted by molar-refractivity contribution is -0.119. The number of carbonyl (C=O) groups is 1. The molecule has 0 radical (unpaired) electrons. The molecule has 0 spiro atoms. The summed E-state index contributed by atoms with van der Waals surface area (Å²) in [5.74, 6) is -1.29. The fourth-order valence-corrected chi connectivity index (χ4v) is 7.38. The standard InChI is InChI=1S/C21H25N9O13P2/c22-7-1-2-24-16-10(7)25-5-29(16)19-13(32)14-9(41-19)4-39-45(36,37)43-15-12(31)8(3-38-44(34,35)42-14)40-20(15)30-6-26-11-17(30)27-21(23)28-18(11)33/h1-2,5-6,8-9,11-15,19-20,31-32H,3-4H2,(H2,22,24)(H,34,35)(H,36,37)(H2,23,28,33)/t8-,9-,11?,12-,13-,14-,15-,19-,20-/m1/s1. The van der Waals surface area contributed by atoms with Crippen molar-refractivity contribution in [2.75, 3.05) is 18.9 Å². The number of amidine groups is 1. The molecule has 2 aromatic rings. The van der Waals surface area contributed by atoms with Gasteiger partial charge in [-0.1, -0.05) is 0 Å². The average Bonchev–Trinajstić information content (AvgIpc) is 3.72. The van der Waals surface area contributed by atoms with Crippen LogP contribution in [0.25, 0.3) is 11.2 Å². The SMILES string of the molecule is N=C1N=C2C(N=CN2[C@@H]2O[C@@H]3COP(=O)(O)O[C@H]4[C@@H](O)[C@H](n5cnc6c(N)ccnc65)O[C@@H]4COP(=O)(O)O[C@@H]2[C@@H]3O)C(=O)N1. The number of aromatic nitrogens is 3. The van der Waals surface area contributed by atoms with Crippen LogP contribution in [0.1, 0.15) is 6.23 Å². The summed E-state index contributed by atoms with van der Waals surface area (Å²) in [4.78, 5) is 51.0. The number of phosphoric ester groups is 2. The molecular weight excluding hydrogens is 648 g/mol. The molecule has 2 bridgehead atoms. The molecule has 242 valence electrons. The van der Waals surface area contributed by atoms with Crippen LogP contribution >= 0.6 is 15.6 Å². The van der Waals surface area contributed by atoms with Crippen LogP contribution in [-0.2, 0) is 41.5 Å². The zero-order valence-electron chi connectivity index (χ0n) is 22.5. The molecule has 1 amide bonds. The summed E-state index contributed by atoms with van der Waals surface area (Å²) in [6.07, 6.45) is -8.85. The number of nitrogens with one attached hydrogen (secondary N) is 2. The molecule has 0 saturated carbocycles. The number of carbonyl (C=O) groups excluding carboxylic acids is 1. The topological polar surface area (TPSA) is 308 Å². The number of aliphatic hydroxyl groups excluding tert-OH is 2. The van der Waals surface area contributed by atoms with E-state index in [4.69, 9.17) is 38.7 Å². The predicted octanol–water partition coefficient (Wildman–Crippen LogP) is -2.45. The summed E-state index contributed by atoms with van der Waals surface area (Å²) in [6.45, 7) is -1.64. The Morgan fingerprint density at radius 1 is 1.00 bits per heavy atom. The van der Waals surface area contributed by atoms with E-state index in [2.05, 4.69) is 25.3 Å². The lowest BCUT2D eigenvalue weighted by Crippen LogP contribution is -2.53. The van der Waals surface area contributed by atoms with Crippen LogP contribution < -0.4 is 11.1 Å². The number of guanidine groups is 1. The third-order valence-electron chi connectivity index (χ3n) is 7.54. The molecular formula is C21H25N9O13P2. The van der Waals surface area contributed by atoms with Crippen LogP contribution in [-0.4, -0.2) is 126 Å². The first-order valence-electron chi connectivity index (χ1n) is 13.2. The molecule has 24 heteroatoms. The highest BCUT2D eigenvalue weighted by atomic mass is 31.2. The fourth-order valence-electron chi connectivity index (χ4n) is 5.48. The van der Waals surface area contributed by atoms with Gasteiger partial charge in [-0.05, 0) is 6.07 Å². The lowest BCUT2D eigenvalue weighted by Gasteiger charge is -2.31. The number of anilines is 1. The summed E-state index contributed by atoms with van der Waals surface area (Å²) < 4.78 is 60.0. The van der Waals surface area contributed by atoms with E-state index in [1.807, 2.05) is 0 Å². The van der Waals surface area contributed by atoms with Crippen molar-refractivity contribution < 1.29 is 61.5 Å². The first kappa shape index (κ1) is 30.4. The van der Waals surface area contributed by atoms with Crippen LogP contribution in [0.15, 0.2) is 28.6 Å². The Labute approximate surface area is 251 Å². The Kier molecular flexibility index (Phi) is 7.39. The van der Waals surface area contributed by atoms with Gasteiger partial charge >= 0.3 is 15.6 Å². The molecule has 2 aromatic heterocycles. The van der Waals surface area contributed by atoms with Gasteiger partial charge in [0, 0.05) is 6.20 Å². The van der Waals surface area contributed by atoms with Gasteiger partial charge in [-0.15, -0.1) is 0 Å². The van der Waals surface area contributed by atoms with Crippen LogP contribution in [0.5, 0.6) is 0 Å². The number of amides is 1. The second-order valence-electron chi connectivity index (χ2n) is 10.4. The van der Waals surface area contributed by atoms with Gasteiger partial charge in [-0.2, -0.15) is 4.99 Å². The number of aliphatic hydroxyl groups is 2. The van der Waals surface area contributed by atoms with Crippen molar-refractivity contribution in [3.8, 4) is 0 Å². The Morgan fingerprint density at radius 3 is 2.44 bits per heavy atom. The number of nitrogens with two attached hydrogens (primary N) is 1. The summed E-state index contributed by atoms with van der Waals surface area (Å²) in [5.41, 5.74) is 6.71. The first-order chi connectivity index (χ1) is 21.3. The monoisotopic (exact) mass is 673 g/mol. The molecule has 7 heterocycles. The molecule has 11 atom stereocenters. The van der Waals surface area contributed by atoms with E-state index in [1.54, 1.807) is 0 Å². The highest BCUT2D eigenvalue weighted by molar-refractivity contribution is 7.47. The third kappa shape index (κ3) is 5.37. The Morgan fingerprint density at radius 2 is 1.69 bits per heavy atom. The van der Waals surface area contributed by atoms with Gasteiger partial charge in [-0.25, -0.2) is 19.1 Å². The number of imidazole rings is 1. The number of hydrogen-bond acceptors (Lipinski definition) is 17. The number of fused-ring (bicyclic) bond motifs is 5. The van der Waals surface area contributed by atoms with Crippen molar-refractivity contribution in [2.45, 2.75) is 55.1 Å². The highest BCUT2D eigenvalue weighted by Gasteiger charge is 2.56. The van der Waals surface area contributed by atoms with E-state index < -0.39 is 95.8 Å². The molecule has 5 aliphatic heterocycles. The molecule has 7 rings (SSSR count). The zero-order chi connectivity index (χ0) is 31.8. The fraction of sp³-hybridized carbons (Fsp3) is 0.524. The summed E-state index contributed by atoms with van der Waals surface area (Å²) in [6, 6.07) is 0.327. The second kappa shape index (κ2) is 10.9. The number of aliphatic imine (C=N–C) groups is 2. The van der Waals surface area contributed by atoms with E-state index >= 15 is 0 Å². The third-order valence-corrected chi connectivity index (χ3v) is 9.51. The van der Waals surface area contributed by atoms with Crippen molar-refractivity contribution in [3.05, 3.63) is 18.6 Å². The van der Waals surface area contributed by atoms with Crippen LogP contribution in [0, 0.1) is 5.41 Å². The molecule has 3 fully saturated rings. The number of ether oxygens (including phenoxy) is 2. The van der Waals surface area contributed by atoms with E-state index in [-0.39, 0.29) is 22.7 Å². The quantitative estimate of drug-likeness (QED) is 0.163. The lowest BCUT2D eigenvalue weighted by atomic mass is 10.1. The molecule has 22 nitrogen and oxygen atoms in total. The number of phosphoric acid groups is 2. The molecule has 3 saturated heterocycles. The molecule has 0 aromatic carbocycles. The molecule has 3 unspecified atom stereocenters. The zero-order valence-corrected chi connectivity index (χ0v) is 24.3. The minimum absolute atomic E-state index is 0.104. The van der Waals surface area contributed by atoms with Crippen molar-refractivity contribution in [1.82, 2.24) is 24.8 Å². The maximum Gasteiger partial charge on any atom is 0.472 e. The number of nitrogen functional groups attached to an aromatic ring is 1. The maximum atomic E-state index is 13.2. The van der Waals surface area contributed by atoms with E-state index in [0.29, 0.717) is 0 Å². The predicted molar refractivity (Wildman–Crippen MR) is 145 cm³/mol. The highest BCUT2D eigenvalue weighted by Crippen LogP contribution is 2.53.